The number of carbonyl (C=O) groups is 3. The number of esters is 3. The van der Waals surface area contributed by atoms with Crippen LogP contribution in [0.4, 0.5) is 0 Å². The second-order valence-electron chi connectivity index (χ2n) is 4.07. The quantitative estimate of drug-likeness (QED) is 0.439. The molecule has 0 saturated carbocycles. The van der Waals surface area contributed by atoms with Gasteiger partial charge in [0.15, 0.2) is 0 Å². The molecule has 7 nitrogen and oxygen atoms in total. The van der Waals surface area contributed by atoms with E-state index in [1.54, 1.807) is 0 Å². The van der Waals surface area contributed by atoms with Gasteiger partial charge in [0.25, 0.3) is 0 Å². The second-order valence-corrected chi connectivity index (χ2v) is 4.07. The summed E-state index contributed by atoms with van der Waals surface area (Å²) in [6, 6.07) is 2.68. The summed E-state index contributed by atoms with van der Waals surface area (Å²) in [4.78, 5) is 34.0. The molecule has 19 heavy (non-hydrogen) atoms. The Morgan fingerprint density at radius 2 is 2.00 bits per heavy atom. The van der Waals surface area contributed by atoms with Crippen LogP contribution in [0.2, 0.25) is 0 Å². The summed E-state index contributed by atoms with van der Waals surface area (Å²) in [5.74, 6) is -2.32. The van der Waals surface area contributed by atoms with Gasteiger partial charge in [-0.05, 0) is 25.1 Å². The summed E-state index contributed by atoms with van der Waals surface area (Å²) in [7, 11) is 0. The van der Waals surface area contributed by atoms with E-state index in [9.17, 15) is 14.4 Å². The highest BCUT2D eigenvalue weighted by atomic mass is 16.6. The Labute approximate surface area is 109 Å². The summed E-state index contributed by atoms with van der Waals surface area (Å²) in [5.41, 5.74) is 5.54. The zero-order valence-corrected chi connectivity index (χ0v) is 9.95. The predicted octanol–water partition coefficient (Wildman–Crippen LogP) is -0.277. The summed E-state index contributed by atoms with van der Waals surface area (Å²) < 4.78 is 9.30. The largest absolute Gasteiger partial charge is 1.00 e. The molecule has 0 radical (unpaired) electrons. The molecule has 0 aliphatic carbocycles. The Morgan fingerprint density at radius 1 is 1.37 bits per heavy atom. The van der Waals surface area contributed by atoms with Crippen molar-refractivity contribution in [1.29, 1.82) is 0 Å². The van der Waals surface area contributed by atoms with E-state index in [1.165, 1.54) is 25.1 Å². The maximum absolute atomic E-state index is 11.5. The van der Waals surface area contributed by atoms with Crippen LogP contribution < -0.4 is 10.5 Å². The van der Waals surface area contributed by atoms with E-state index < -0.39 is 30.1 Å². The van der Waals surface area contributed by atoms with Gasteiger partial charge in [-0.1, -0.05) is 0 Å². The molecule has 0 spiro atoms. The molecule has 1 aliphatic heterocycles. The first-order valence-corrected chi connectivity index (χ1v) is 5.46. The predicted molar refractivity (Wildman–Crippen MR) is 62.6 cm³/mol. The molecular formula is C12H12NO6+. The van der Waals surface area contributed by atoms with Gasteiger partial charge in [-0.15, -0.1) is 0 Å². The van der Waals surface area contributed by atoms with Crippen LogP contribution in [0, 0.1) is 0 Å². The first-order valence-electron chi connectivity index (χ1n) is 5.46. The molecule has 1 heterocycles. The van der Waals surface area contributed by atoms with Crippen molar-refractivity contribution in [3.05, 3.63) is 29.3 Å². The first-order chi connectivity index (χ1) is 8.90. The van der Waals surface area contributed by atoms with E-state index in [0.29, 0.717) is 0 Å². The Bertz CT molecular complexity index is 571. The second kappa shape index (κ2) is 4.79. The third-order valence-electron chi connectivity index (χ3n) is 2.63. The highest BCUT2D eigenvalue weighted by Crippen LogP contribution is 2.24. The van der Waals surface area contributed by atoms with Crippen LogP contribution in [0.3, 0.4) is 0 Å². The number of ether oxygens (including phenoxy) is 2. The number of hydrogen-bond acceptors (Lipinski definition) is 7. The lowest BCUT2D eigenvalue weighted by atomic mass is 10.1. The molecule has 0 fully saturated rings. The van der Waals surface area contributed by atoms with Gasteiger partial charge in [0.1, 0.15) is 11.8 Å². The standard InChI is InChI=1S/C12H11NO6/c1-5(14)9(13)12(17)18-6-2-3-7-8(4-6)11(16)19-10(7)15/h2-5,9,14H,13H2,1H3/p+1/t5-,9+/m1/s1. The lowest BCUT2D eigenvalue weighted by Crippen LogP contribution is -2.42. The topological polar surface area (TPSA) is 116 Å². The van der Waals surface area contributed by atoms with Crippen molar-refractivity contribution in [1.82, 2.24) is 0 Å². The number of rotatable bonds is 3. The Kier molecular flexibility index (Phi) is 3.32. The van der Waals surface area contributed by atoms with Gasteiger partial charge in [-0.2, -0.15) is 0 Å². The Hall–Kier alpha value is -2.25. The van der Waals surface area contributed by atoms with Gasteiger partial charge in [-0.25, -0.2) is 14.4 Å². The zero-order valence-electron chi connectivity index (χ0n) is 11.0. The number of nitrogens with two attached hydrogens (primary N) is 1. The maximum atomic E-state index is 11.5. The van der Waals surface area contributed by atoms with Crippen molar-refractivity contribution in [2.24, 2.45) is 5.73 Å². The van der Waals surface area contributed by atoms with Gasteiger partial charge in [0.05, 0.1) is 17.2 Å². The van der Waals surface area contributed by atoms with Gasteiger partial charge in [-0.3, -0.25) is 0 Å². The number of fused-ring (bicyclic) bond motifs is 1. The summed E-state index contributed by atoms with van der Waals surface area (Å²) in [6.07, 6.45) is -1.06. The van der Waals surface area contributed by atoms with E-state index in [-0.39, 0.29) is 18.3 Å². The zero-order chi connectivity index (χ0) is 14.2. The van der Waals surface area contributed by atoms with Crippen molar-refractivity contribution in [3.63, 3.8) is 0 Å². The van der Waals surface area contributed by atoms with Crippen LogP contribution in [0.15, 0.2) is 18.2 Å². The van der Waals surface area contributed by atoms with Crippen molar-refractivity contribution >= 4 is 17.9 Å². The lowest BCUT2D eigenvalue weighted by molar-refractivity contribution is -0.138. The monoisotopic (exact) mass is 266 g/mol. The Morgan fingerprint density at radius 3 is 2.63 bits per heavy atom. The number of aliphatic hydroxyl groups is 1. The molecule has 1 aliphatic rings. The van der Waals surface area contributed by atoms with Crippen LogP contribution in [0.1, 0.15) is 29.1 Å². The molecule has 100 valence electrons. The van der Waals surface area contributed by atoms with Crippen LogP contribution in [0.25, 0.3) is 0 Å². The summed E-state index contributed by atoms with van der Waals surface area (Å²) in [5, 5.41) is 9.16. The number of benzene rings is 1. The molecule has 0 saturated heterocycles. The van der Waals surface area contributed by atoms with Crippen LogP contribution in [-0.4, -0.2) is 35.2 Å². The molecule has 0 unspecified atom stereocenters. The van der Waals surface area contributed by atoms with Crippen molar-refractivity contribution in [3.8, 4) is 5.75 Å². The molecule has 3 N–H and O–H groups in total. The van der Waals surface area contributed by atoms with E-state index >= 15 is 0 Å². The number of hydrogen-bond donors (Lipinski definition) is 2. The van der Waals surface area contributed by atoms with E-state index in [2.05, 4.69) is 4.74 Å². The third kappa shape index (κ3) is 2.47. The normalized spacial score (nSPS) is 16.6. The fraction of sp³-hybridized carbons (Fsp3) is 0.250. The Balaban J connectivity index is 0.00000200. The number of carbonyl (C=O) groups excluding carboxylic acids is 3. The average molecular weight is 266 g/mol. The molecule has 1 aromatic carbocycles. The minimum absolute atomic E-state index is 0. The minimum atomic E-state index is -1.19. The average Bonchev–Trinajstić information content (AvgIpc) is 2.63. The number of aliphatic hydroxyl groups excluding tert-OH is 1. The van der Waals surface area contributed by atoms with E-state index in [1.807, 2.05) is 0 Å². The molecule has 7 heteroatoms. The van der Waals surface area contributed by atoms with Crippen LogP contribution >= 0.6 is 0 Å². The van der Waals surface area contributed by atoms with E-state index in [4.69, 9.17) is 15.6 Å². The van der Waals surface area contributed by atoms with E-state index in [0.717, 1.165) is 0 Å². The molecule has 0 amide bonds. The van der Waals surface area contributed by atoms with Gasteiger partial charge in [0.2, 0.25) is 0 Å². The molecule has 1 aromatic rings. The van der Waals surface area contributed by atoms with Crippen LogP contribution in [0.5, 0.6) is 5.75 Å². The highest BCUT2D eigenvalue weighted by molar-refractivity contribution is 6.14. The van der Waals surface area contributed by atoms with Crippen molar-refractivity contribution < 1.29 is 30.4 Å². The van der Waals surface area contributed by atoms with Gasteiger partial charge >= 0.3 is 19.3 Å². The lowest BCUT2D eigenvalue weighted by Gasteiger charge is -2.13. The summed E-state index contributed by atoms with van der Waals surface area (Å²) >= 11 is 0. The molecule has 0 bridgehead atoms. The first kappa shape index (κ1) is 13.2. The minimum Gasteiger partial charge on any atom is -0.425 e. The third-order valence-corrected chi connectivity index (χ3v) is 2.63. The molecular weight excluding hydrogens is 254 g/mol. The van der Waals surface area contributed by atoms with Crippen molar-refractivity contribution in [2.75, 3.05) is 0 Å². The number of cyclic esters (lactones) is 2. The highest BCUT2D eigenvalue weighted by Gasteiger charge is 2.30. The summed E-state index contributed by atoms with van der Waals surface area (Å²) in [6.45, 7) is 1.35. The van der Waals surface area contributed by atoms with Gasteiger partial charge < -0.3 is 20.3 Å². The maximum Gasteiger partial charge on any atom is 1.00 e. The van der Waals surface area contributed by atoms with Gasteiger partial charge in [0, 0.05) is 0 Å². The fourth-order valence-corrected chi connectivity index (χ4v) is 1.51. The SMILES string of the molecule is C[C@@H](O)[C@H](N)C(=O)Oc1ccc2c(c1)C(=O)OC2=O.[H+]. The van der Waals surface area contributed by atoms with Crippen molar-refractivity contribution in [2.45, 2.75) is 19.1 Å². The molecule has 2 rings (SSSR count). The van der Waals surface area contributed by atoms with Crippen LogP contribution in [-0.2, 0) is 9.53 Å². The smallest absolute Gasteiger partial charge is 0.425 e. The molecule has 2 atom stereocenters. The molecule has 0 aromatic heterocycles. The fourth-order valence-electron chi connectivity index (χ4n) is 1.51.